The molecule has 0 saturated carbocycles. The SMILES string of the molecule is CCCCc1ccc(-c2nc(CNC(C)C)co2)cc1. The summed E-state index contributed by atoms with van der Waals surface area (Å²) in [6.45, 7) is 7.20. The van der Waals surface area contributed by atoms with E-state index < -0.39 is 0 Å². The van der Waals surface area contributed by atoms with Crippen molar-refractivity contribution in [3.05, 3.63) is 41.8 Å². The summed E-state index contributed by atoms with van der Waals surface area (Å²) in [6, 6.07) is 8.98. The Kier molecular flexibility index (Phi) is 5.36. The molecule has 0 amide bonds. The van der Waals surface area contributed by atoms with Crippen LogP contribution in [0.4, 0.5) is 0 Å². The number of nitrogens with zero attached hydrogens (tertiary/aromatic N) is 1. The van der Waals surface area contributed by atoms with Crippen LogP contribution in [-0.2, 0) is 13.0 Å². The normalized spacial score (nSPS) is 11.2. The van der Waals surface area contributed by atoms with E-state index in [4.69, 9.17) is 4.42 Å². The molecule has 0 aliphatic carbocycles. The maximum Gasteiger partial charge on any atom is 0.226 e. The molecule has 0 atom stereocenters. The van der Waals surface area contributed by atoms with Crippen LogP contribution >= 0.6 is 0 Å². The van der Waals surface area contributed by atoms with Crippen molar-refractivity contribution in [3.8, 4) is 11.5 Å². The highest BCUT2D eigenvalue weighted by Gasteiger charge is 2.07. The summed E-state index contributed by atoms with van der Waals surface area (Å²) in [5.74, 6) is 0.701. The van der Waals surface area contributed by atoms with E-state index in [2.05, 4.69) is 55.3 Å². The molecule has 0 aliphatic heterocycles. The van der Waals surface area contributed by atoms with Gasteiger partial charge in [0.1, 0.15) is 6.26 Å². The Morgan fingerprint density at radius 1 is 1.20 bits per heavy atom. The summed E-state index contributed by atoms with van der Waals surface area (Å²) < 4.78 is 5.55. The average molecular weight is 272 g/mol. The molecular formula is C17H24N2O. The number of nitrogens with one attached hydrogen (secondary N) is 1. The molecule has 2 aromatic rings. The number of hydrogen-bond donors (Lipinski definition) is 1. The maximum atomic E-state index is 5.55. The molecule has 0 radical (unpaired) electrons. The minimum Gasteiger partial charge on any atom is -0.444 e. The van der Waals surface area contributed by atoms with Gasteiger partial charge in [-0.05, 0) is 30.5 Å². The summed E-state index contributed by atoms with van der Waals surface area (Å²) >= 11 is 0. The zero-order valence-electron chi connectivity index (χ0n) is 12.6. The van der Waals surface area contributed by atoms with E-state index in [-0.39, 0.29) is 0 Å². The van der Waals surface area contributed by atoms with Gasteiger partial charge in [-0.15, -0.1) is 0 Å². The average Bonchev–Trinajstić information content (AvgIpc) is 2.92. The van der Waals surface area contributed by atoms with Crippen LogP contribution < -0.4 is 5.32 Å². The second kappa shape index (κ2) is 7.25. The quantitative estimate of drug-likeness (QED) is 0.821. The van der Waals surface area contributed by atoms with Gasteiger partial charge in [0.25, 0.3) is 0 Å². The van der Waals surface area contributed by atoms with E-state index in [1.807, 2.05) is 0 Å². The molecule has 1 aromatic carbocycles. The van der Waals surface area contributed by atoms with Crippen LogP contribution in [0.25, 0.3) is 11.5 Å². The summed E-state index contributed by atoms with van der Waals surface area (Å²) in [6.07, 6.45) is 5.35. The molecule has 1 aromatic heterocycles. The number of benzene rings is 1. The third-order valence-electron chi connectivity index (χ3n) is 3.26. The molecule has 0 fully saturated rings. The monoisotopic (exact) mass is 272 g/mol. The Hall–Kier alpha value is -1.61. The van der Waals surface area contributed by atoms with E-state index >= 15 is 0 Å². The standard InChI is InChI=1S/C17H24N2O/c1-4-5-6-14-7-9-15(10-8-14)17-19-16(12-20-17)11-18-13(2)3/h7-10,12-13,18H,4-6,11H2,1-3H3. The van der Waals surface area contributed by atoms with Gasteiger partial charge in [-0.2, -0.15) is 0 Å². The third-order valence-corrected chi connectivity index (χ3v) is 3.26. The van der Waals surface area contributed by atoms with Gasteiger partial charge in [0.05, 0.1) is 5.69 Å². The molecule has 1 heterocycles. The summed E-state index contributed by atoms with van der Waals surface area (Å²) in [7, 11) is 0. The van der Waals surface area contributed by atoms with Crippen molar-refractivity contribution in [2.24, 2.45) is 0 Å². The van der Waals surface area contributed by atoms with Crippen molar-refractivity contribution in [3.63, 3.8) is 0 Å². The van der Waals surface area contributed by atoms with Crippen LogP contribution in [0.2, 0.25) is 0 Å². The van der Waals surface area contributed by atoms with Crippen molar-refractivity contribution in [1.29, 1.82) is 0 Å². The van der Waals surface area contributed by atoms with E-state index in [1.165, 1.54) is 18.4 Å². The smallest absolute Gasteiger partial charge is 0.226 e. The highest BCUT2D eigenvalue weighted by atomic mass is 16.3. The van der Waals surface area contributed by atoms with Crippen LogP contribution in [0.5, 0.6) is 0 Å². The first-order valence-electron chi connectivity index (χ1n) is 7.46. The van der Waals surface area contributed by atoms with Crippen molar-refractivity contribution in [2.45, 2.75) is 52.6 Å². The minimum atomic E-state index is 0.452. The van der Waals surface area contributed by atoms with Gasteiger partial charge < -0.3 is 9.73 Å². The first kappa shape index (κ1) is 14.8. The predicted molar refractivity (Wildman–Crippen MR) is 82.5 cm³/mol. The predicted octanol–water partition coefficient (Wildman–Crippen LogP) is 4.18. The summed E-state index contributed by atoms with van der Waals surface area (Å²) in [5.41, 5.74) is 3.37. The van der Waals surface area contributed by atoms with Crippen LogP contribution in [-0.4, -0.2) is 11.0 Å². The number of aromatic nitrogens is 1. The lowest BCUT2D eigenvalue weighted by molar-refractivity contribution is 0.560. The lowest BCUT2D eigenvalue weighted by Crippen LogP contribution is -2.21. The van der Waals surface area contributed by atoms with Crippen molar-refractivity contribution >= 4 is 0 Å². The minimum absolute atomic E-state index is 0.452. The lowest BCUT2D eigenvalue weighted by Gasteiger charge is -2.04. The first-order chi connectivity index (χ1) is 9.69. The van der Waals surface area contributed by atoms with Crippen LogP contribution in [0.3, 0.4) is 0 Å². The largest absolute Gasteiger partial charge is 0.444 e. The van der Waals surface area contributed by atoms with Crippen LogP contribution in [0, 0.1) is 0 Å². The molecular weight excluding hydrogens is 248 g/mol. The molecule has 3 heteroatoms. The van der Waals surface area contributed by atoms with Gasteiger partial charge in [-0.25, -0.2) is 4.98 Å². The number of aryl methyl sites for hydroxylation is 1. The molecule has 108 valence electrons. The van der Waals surface area contributed by atoms with Crippen LogP contribution in [0.1, 0.15) is 44.9 Å². The molecule has 0 bridgehead atoms. The first-order valence-corrected chi connectivity index (χ1v) is 7.46. The van der Waals surface area contributed by atoms with Gasteiger partial charge in [-0.1, -0.05) is 39.3 Å². The van der Waals surface area contributed by atoms with Gasteiger partial charge in [0.15, 0.2) is 0 Å². The topological polar surface area (TPSA) is 38.1 Å². The van der Waals surface area contributed by atoms with Gasteiger partial charge >= 0.3 is 0 Å². The fraction of sp³-hybridized carbons (Fsp3) is 0.471. The second-order valence-corrected chi connectivity index (χ2v) is 5.48. The fourth-order valence-electron chi connectivity index (χ4n) is 2.02. The molecule has 0 unspecified atom stereocenters. The number of rotatable bonds is 7. The molecule has 0 saturated heterocycles. The van der Waals surface area contributed by atoms with E-state index in [1.54, 1.807) is 6.26 Å². The summed E-state index contributed by atoms with van der Waals surface area (Å²) in [5, 5.41) is 3.34. The second-order valence-electron chi connectivity index (χ2n) is 5.48. The van der Waals surface area contributed by atoms with E-state index in [9.17, 15) is 0 Å². The van der Waals surface area contributed by atoms with E-state index in [0.717, 1.165) is 24.2 Å². The lowest BCUT2D eigenvalue weighted by atomic mass is 10.1. The molecule has 2 rings (SSSR count). The Morgan fingerprint density at radius 2 is 1.95 bits per heavy atom. The Bertz CT molecular complexity index is 514. The highest BCUT2D eigenvalue weighted by molar-refractivity contribution is 5.53. The maximum absolute atomic E-state index is 5.55. The van der Waals surface area contributed by atoms with Crippen molar-refractivity contribution < 1.29 is 4.42 Å². The fourth-order valence-corrected chi connectivity index (χ4v) is 2.02. The Balaban J connectivity index is 2.00. The van der Waals surface area contributed by atoms with E-state index in [0.29, 0.717) is 11.9 Å². The molecule has 1 N–H and O–H groups in total. The number of hydrogen-bond acceptors (Lipinski definition) is 3. The molecule has 3 nitrogen and oxygen atoms in total. The van der Waals surface area contributed by atoms with Gasteiger partial charge in [0.2, 0.25) is 5.89 Å². The zero-order valence-corrected chi connectivity index (χ0v) is 12.6. The summed E-state index contributed by atoms with van der Waals surface area (Å²) in [4.78, 5) is 4.52. The highest BCUT2D eigenvalue weighted by Crippen LogP contribution is 2.20. The van der Waals surface area contributed by atoms with Crippen molar-refractivity contribution in [2.75, 3.05) is 0 Å². The number of unbranched alkanes of at least 4 members (excludes halogenated alkanes) is 1. The molecule has 20 heavy (non-hydrogen) atoms. The Morgan fingerprint density at radius 3 is 2.60 bits per heavy atom. The zero-order chi connectivity index (χ0) is 14.4. The molecule has 0 spiro atoms. The third kappa shape index (κ3) is 4.20. The van der Waals surface area contributed by atoms with Gasteiger partial charge in [0, 0.05) is 18.2 Å². The molecule has 0 aliphatic rings. The van der Waals surface area contributed by atoms with Crippen LogP contribution in [0.15, 0.2) is 34.9 Å². The van der Waals surface area contributed by atoms with Crippen molar-refractivity contribution in [1.82, 2.24) is 10.3 Å². The number of oxazole rings is 1. The van der Waals surface area contributed by atoms with Gasteiger partial charge in [-0.3, -0.25) is 0 Å². The Labute approximate surface area is 121 Å².